The molecule has 0 unspecified atom stereocenters. The molecule has 0 spiro atoms. The Hall–Kier alpha value is -1.93. The smallest absolute Gasteiger partial charge is 0.335 e. The second-order valence-electron chi connectivity index (χ2n) is 4.50. The van der Waals surface area contributed by atoms with E-state index in [1.807, 2.05) is 0 Å². The van der Waals surface area contributed by atoms with Gasteiger partial charge in [0.2, 0.25) is 15.9 Å². The summed E-state index contributed by atoms with van der Waals surface area (Å²) in [5.74, 6) is -1.61. The van der Waals surface area contributed by atoms with Crippen molar-refractivity contribution in [1.29, 1.82) is 0 Å². The zero-order chi connectivity index (χ0) is 14.8. The van der Waals surface area contributed by atoms with Gasteiger partial charge in [-0.3, -0.25) is 4.79 Å². The molecule has 0 saturated heterocycles. The van der Waals surface area contributed by atoms with Crippen LogP contribution >= 0.6 is 0 Å². The second-order valence-corrected chi connectivity index (χ2v) is 6.27. The lowest BCUT2D eigenvalue weighted by Crippen LogP contribution is -2.37. The van der Waals surface area contributed by atoms with Crippen LogP contribution in [0.15, 0.2) is 29.2 Å². The molecular weight excluding hydrogens is 284 g/mol. The fraction of sp³-hybridized carbons (Fsp3) is 0.333. The fourth-order valence-electron chi connectivity index (χ4n) is 1.55. The summed E-state index contributed by atoms with van der Waals surface area (Å²) in [7, 11) is -3.90. The molecule has 0 radical (unpaired) electrons. The van der Waals surface area contributed by atoms with Gasteiger partial charge < -0.3 is 10.4 Å². The average Bonchev–Trinajstić information content (AvgIpc) is 3.20. The van der Waals surface area contributed by atoms with Crippen molar-refractivity contribution in [3.8, 4) is 0 Å². The van der Waals surface area contributed by atoms with E-state index in [-0.39, 0.29) is 23.0 Å². The van der Waals surface area contributed by atoms with Gasteiger partial charge in [-0.2, -0.15) is 0 Å². The Morgan fingerprint density at radius 2 is 2.00 bits per heavy atom. The number of aromatic carboxylic acids is 1. The van der Waals surface area contributed by atoms with Crippen molar-refractivity contribution in [2.24, 2.45) is 0 Å². The Balaban J connectivity index is 2.03. The molecule has 0 aromatic heterocycles. The SMILES string of the molecule is O=C(CNS(=O)(=O)c1cccc(C(=O)O)c1)NC1CC1. The maximum Gasteiger partial charge on any atom is 0.335 e. The molecule has 1 aromatic carbocycles. The molecule has 0 atom stereocenters. The Kier molecular flexibility index (Phi) is 4.05. The number of carboxylic acids is 1. The minimum Gasteiger partial charge on any atom is -0.478 e. The summed E-state index contributed by atoms with van der Waals surface area (Å²) in [6.07, 6.45) is 1.83. The molecule has 7 nitrogen and oxygen atoms in total. The summed E-state index contributed by atoms with van der Waals surface area (Å²) in [6.45, 7) is -0.365. The van der Waals surface area contributed by atoms with Crippen molar-refractivity contribution < 1.29 is 23.1 Å². The van der Waals surface area contributed by atoms with Gasteiger partial charge in [0, 0.05) is 6.04 Å². The summed E-state index contributed by atoms with van der Waals surface area (Å²) in [4.78, 5) is 22.0. The number of amides is 1. The molecule has 2 rings (SSSR count). The number of hydrogen-bond donors (Lipinski definition) is 3. The third kappa shape index (κ3) is 3.78. The highest BCUT2D eigenvalue weighted by molar-refractivity contribution is 7.89. The lowest BCUT2D eigenvalue weighted by Gasteiger charge is -2.07. The second kappa shape index (κ2) is 5.59. The van der Waals surface area contributed by atoms with Crippen LogP contribution in [0, 0.1) is 0 Å². The van der Waals surface area contributed by atoms with Crippen LogP contribution in [-0.4, -0.2) is 38.0 Å². The quantitative estimate of drug-likeness (QED) is 0.681. The van der Waals surface area contributed by atoms with E-state index >= 15 is 0 Å². The van der Waals surface area contributed by atoms with Crippen molar-refractivity contribution in [3.05, 3.63) is 29.8 Å². The molecular formula is C12H14N2O5S. The molecule has 0 aliphatic heterocycles. The third-order valence-corrected chi connectivity index (χ3v) is 4.16. The first kappa shape index (κ1) is 14.5. The molecule has 1 saturated carbocycles. The van der Waals surface area contributed by atoms with Crippen LogP contribution in [0.5, 0.6) is 0 Å². The van der Waals surface area contributed by atoms with Crippen LogP contribution in [-0.2, 0) is 14.8 Å². The lowest BCUT2D eigenvalue weighted by molar-refractivity contribution is -0.120. The molecule has 1 aromatic rings. The Bertz CT molecular complexity index is 637. The average molecular weight is 298 g/mol. The Labute approximate surface area is 116 Å². The van der Waals surface area contributed by atoms with Gasteiger partial charge >= 0.3 is 5.97 Å². The van der Waals surface area contributed by atoms with E-state index in [1.165, 1.54) is 18.2 Å². The molecule has 1 amide bonds. The highest BCUT2D eigenvalue weighted by Gasteiger charge is 2.24. The van der Waals surface area contributed by atoms with Crippen molar-refractivity contribution in [3.63, 3.8) is 0 Å². The number of rotatable bonds is 6. The van der Waals surface area contributed by atoms with Gasteiger partial charge in [0.05, 0.1) is 17.0 Å². The van der Waals surface area contributed by atoms with E-state index in [2.05, 4.69) is 10.0 Å². The van der Waals surface area contributed by atoms with E-state index in [0.717, 1.165) is 18.9 Å². The molecule has 0 bridgehead atoms. The number of benzene rings is 1. The van der Waals surface area contributed by atoms with Crippen molar-refractivity contribution in [2.45, 2.75) is 23.8 Å². The molecule has 1 aliphatic rings. The third-order valence-electron chi connectivity index (χ3n) is 2.76. The predicted molar refractivity (Wildman–Crippen MR) is 69.8 cm³/mol. The number of nitrogens with one attached hydrogen (secondary N) is 2. The van der Waals surface area contributed by atoms with E-state index in [4.69, 9.17) is 5.11 Å². The van der Waals surface area contributed by atoms with Gasteiger partial charge in [-0.05, 0) is 31.0 Å². The number of carboxylic acid groups (broad SMARTS) is 1. The zero-order valence-electron chi connectivity index (χ0n) is 10.5. The van der Waals surface area contributed by atoms with Gasteiger partial charge in [-0.25, -0.2) is 17.9 Å². The maximum absolute atomic E-state index is 11.9. The maximum atomic E-state index is 11.9. The predicted octanol–water partition coefficient (Wildman–Crippen LogP) is -0.0583. The first-order valence-corrected chi connectivity index (χ1v) is 7.49. The van der Waals surface area contributed by atoms with E-state index in [1.54, 1.807) is 0 Å². The van der Waals surface area contributed by atoms with E-state index in [9.17, 15) is 18.0 Å². The van der Waals surface area contributed by atoms with Crippen LogP contribution < -0.4 is 10.0 Å². The topological polar surface area (TPSA) is 113 Å². The van der Waals surface area contributed by atoms with Crippen LogP contribution in [0.3, 0.4) is 0 Å². The summed E-state index contributed by atoms with van der Waals surface area (Å²) in [5.41, 5.74) is -0.129. The Morgan fingerprint density at radius 1 is 1.30 bits per heavy atom. The van der Waals surface area contributed by atoms with E-state index < -0.39 is 21.9 Å². The van der Waals surface area contributed by atoms with Crippen LogP contribution in [0.4, 0.5) is 0 Å². The minimum atomic E-state index is -3.90. The monoisotopic (exact) mass is 298 g/mol. The number of carbonyl (C=O) groups is 2. The van der Waals surface area contributed by atoms with Crippen molar-refractivity contribution in [1.82, 2.24) is 10.0 Å². The van der Waals surface area contributed by atoms with Gasteiger partial charge in [-0.1, -0.05) is 6.07 Å². The van der Waals surface area contributed by atoms with Gasteiger partial charge in [-0.15, -0.1) is 0 Å². The summed E-state index contributed by atoms with van der Waals surface area (Å²) in [6, 6.07) is 5.10. The number of sulfonamides is 1. The van der Waals surface area contributed by atoms with Crippen LogP contribution in [0.25, 0.3) is 0 Å². The molecule has 1 fully saturated rings. The van der Waals surface area contributed by atoms with Gasteiger partial charge in [0.25, 0.3) is 0 Å². The first-order valence-electron chi connectivity index (χ1n) is 6.01. The van der Waals surface area contributed by atoms with Crippen LogP contribution in [0.1, 0.15) is 23.2 Å². The van der Waals surface area contributed by atoms with Crippen molar-refractivity contribution >= 4 is 21.9 Å². The summed E-state index contributed by atoms with van der Waals surface area (Å²) < 4.78 is 26.0. The highest BCUT2D eigenvalue weighted by atomic mass is 32.2. The largest absolute Gasteiger partial charge is 0.478 e. The number of carbonyl (C=O) groups excluding carboxylic acids is 1. The molecule has 8 heteroatoms. The zero-order valence-corrected chi connectivity index (χ0v) is 11.3. The molecule has 1 aliphatic carbocycles. The molecule has 0 heterocycles. The fourth-order valence-corrected chi connectivity index (χ4v) is 2.57. The Morgan fingerprint density at radius 3 is 2.60 bits per heavy atom. The standard InChI is InChI=1S/C12H14N2O5S/c15-11(14-9-4-5-9)7-13-20(18,19)10-3-1-2-8(6-10)12(16)17/h1-3,6,9,13H,4-5,7H2,(H,14,15)(H,16,17). The van der Waals surface area contributed by atoms with E-state index in [0.29, 0.717) is 0 Å². The minimum absolute atomic E-state index is 0.129. The molecule has 20 heavy (non-hydrogen) atoms. The van der Waals surface area contributed by atoms with Gasteiger partial charge in [0.15, 0.2) is 0 Å². The van der Waals surface area contributed by atoms with Gasteiger partial charge in [0.1, 0.15) is 0 Å². The summed E-state index contributed by atoms with van der Waals surface area (Å²) >= 11 is 0. The number of hydrogen-bond acceptors (Lipinski definition) is 4. The van der Waals surface area contributed by atoms with Crippen molar-refractivity contribution in [2.75, 3.05) is 6.54 Å². The van der Waals surface area contributed by atoms with Crippen LogP contribution in [0.2, 0.25) is 0 Å². The first-order chi connectivity index (χ1) is 9.38. The molecule has 108 valence electrons. The lowest BCUT2D eigenvalue weighted by atomic mass is 10.2. The summed E-state index contributed by atoms with van der Waals surface area (Å²) in [5, 5.41) is 11.5. The molecule has 3 N–H and O–H groups in total. The normalized spacial score (nSPS) is 14.8. The highest BCUT2D eigenvalue weighted by Crippen LogP contribution is 2.18.